The molecule has 4 aromatic rings. The van der Waals surface area contributed by atoms with Gasteiger partial charge in [-0.25, -0.2) is 18.7 Å². The minimum Gasteiger partial charge on any atom is -0.481 e. The van der Waals surface area contributed by atoms with E-state index < -0.39 is 69.0 Å². The molecule has 2 aromatic heterocycles. The second-order valence-electron chi connectivity index (χ2n) is 27.1. The summed E-state index contributed by atoms with van der Waals surface area (Å²) < 4.78 is 53.4. The Morgan fingerprint density at radius 1 is 0.644 bits per heavy atom. The Balaban J connectivity index is 0.000000168. The first-order valence-corrected chi connectivity index (χ1v) is 31.6. The lowest BCUT2D eigenvalue weighted by Gasteiger charge is -2.50. The molecule has 4 aliphatic heterocycles. The maximum atomic E-state index is 16.1. The van der Waals surface area contributed by atoms with Crippen LogP contribution in [0.5, 0.6) is 0 Å². The van der Waals surface area contributed by atoms with Gasteiger partial charge in [0.1, 0.15) is 51.6 Å². The summed E-state index contributed by atoms with van der Waals surface area (Å²) in [6, 6.07) is 16.4. The molecule has 12 rings (SSSR count). The number of anilines is 2. The van der Waals surface area contributed by atoms with Crippen LogP contribution in [0.3, 0.4) is 0 Å². The highest BCUT2D eigenvalue weighted by molar-refractivity contribution is 6.31. The van der Waals surface area contributed by atoms with Crippen molar-refractivity contribution < 1.29 is 62.2 Å². The van der Waals surface area contributed by atoms with Crippen LogP contribution in [0.2, 0.25) is 20.4 Å². The van der Waals surface area contributed by atoms with Crippen LogP contribution < -0.4 is 16.4 Å². The zero-order valence-electron chi connectivity index (χ0n) is 49.9. The standard InChI is InChI=1S/C33H39Cl2FN2O5.C25H25Cl2FN2O3.C7H15NO3/c1-31(2)9-11-32(12-10-31)15-20(23(40)13-18-14-24(42-3)25(16-39)43-17-18)27(19-5-4-6-22(34)28(19)36)33(32)21-7-8-26(35)37-29(21)38-30(33)41;1-23(2)8-10-24(11-9-23)12-14(21(31)32)18(13-4-3-5-16(26)19(13)28)25(24)15-6-7-17(27)29-20(15)30-22(25)33;1-10-6-2-5(8)4-11-7(6)3-9/h4-8,18,20,24-25,27,39H,9-17H2,1-3H3,(H,37,38,41);3-7,14,18H,8-12H2,1-2H3,(H,31,32)(H,29,30,33);5-7,9H,2-4,8H2,1H3/t18-,20+,24+,25-,27+,33-;14-,18+,25?;5-,6+,7-/m111/s1. The zero-order valence-corrected chi connectivity index (χ0v) is 52.9. The number of hydrogen-bond acceptors (Lipinski definition) is 13. The minimum atomic E-state index is -1.29. The molecule has 2 amide bonds. The molecule has 8 aliphatic rings. The number of aliphatic carboxylic acids is 1. The van der Waals surface area contributed by atoms with Crippen LogP contribution >= 0.6 is 46.4 Å². The number of benzene rings is 2. The van der Waals surface area contributed by atoms with Gasteiger partial charge in [0.25, 0.3) is 0 Å². The van der Waals surface area contributed by atoms with Gasteiger partial charge in [0.05, 0.1) is 65.4 Å². The third-order valence-corrected chi connectivity index (χ3v) is 22.3. The lowest BCUT2D eigenvalue weighted by Crippen LogP contribution is -2.52. The molecule has 2 aromatic carbocycles. The number of ether oxygens (including phenoxy) is 4. The van der Waals surface area contributed by atoms with Crippen LogP contribution in [0, 0.1) is 51.0 Å². The second-order valence-corrected chi connectivity index (χ2v) is 28.7. The number of carboxylic acids is 1. The van der Waals surface area contributed by atoms with Crippen molar-refractivity contribution in [2.45, 2.75) is 164 Å². The van der Waals surface area contributed by atoms with E-state index in [-0.39, 0.29) is 116 Å². The topological polar surface area (TPSA) is 242 Å². The van der Waals surface area contributed by atoms with Gasteiger partial charge in [0, 0.05) is 55.6 Å². The number of rotatable bonds is 10. The number of carboxylic acid groups (broad SMARTS) is 1. The van der Waals surface area contributed by atoms with E-state index in [2.05, 4.69) is 48.3 Å². The number of nitrogens with one attached hydrogen (secondary N) is 2. The molecule has 16 nitrogen and oxygen atoms in total. The average Bonchev–Trinajstić information content (AvgIpc) is 1.56. The number of Topliss-reactive ketones (excluding diaryl/α,β-unsaturated/α-hetero) is 1. The summed E-state index contributed by atoms with van der Waals surface area (Å²) in [5, 5.41) is 35.1. The highest BCUT2D eigenvalue weighted by Crippen LogP contribution is 2.74. The number of carbonyl (C=O) groups is 4. The van der Waals surface area contributed by atoms with Gasteiger partial charge in [-0.15, -0.1) is 0 Å². The molecule has 4 spiro atoms. The molecule has 22 heteroatoms. The lowest BCUT2D eigenvalue weighted by atomic mass is 9.51. The number of fused-ring (bicyclic) bond motifs is 6. The number of aromatic nitrogens is 2. The van der Waals surface area contributed by atoms with Gasteiger partial charge in [-0.3, -0.25) is 19.2 Å². The number of aliphatic hydroxyl groups is 2. The molecular formula is C65H79Cl4F2N5O11. The fourth-order valence-electron chi connectivity index (χ4n) is 16.8. The molecule has 6 heterocycles. The number of aliphatic hydroxyl groups excluding tert-OH is 2. The van der Waals surface area contributed by atoms with E-state index in [1.807, 2.05) is 6.07 Å². The highest BCUT2D eigenvalue weighted by atomic mass is 35.5. The van der Waals surface area contributed by atoms with Crippen molar-refractivity contribution in [3.8, 4) is 0 Å². The van der Waals surface area contributed by atoms with Gasteiger partial charge >= 0.3 is 5.97 Å². The monoisotopic (exact) mass is 1280 g/mol. The molecule has 2 saturated heterocycles. The summed E-state index contributed by atoms with van der Waals surface area (Å²) in [4.78, 5) is 64.5. The maximum Gasteiger partial charge on any atom is 0.307 e. The molecule has 12 atom stereocenters. The summed E-state index contributed by atoms with van der Waals surface area (Å²) in [6.07, 6.45) is 7.44. The summed E-state index contributed by atoms with van der Waals surface area (Å²) in [7, 11) is 3.18. The summed E-state index contributed by atoms with van der Waals surface area (Å²) in [5.41, 5.74) is 3.73. The van der Waals surface area contributed by atoms with Crippen LogP contribution in [-0.2, 0) is 49.0 Å². The molecule has 1 unspecified atom stereocenters. The first-order valence-electron chi connectivity index (χ1n) is 30.1. The molecule has 472 valence electrons. The molecule has 87 heavy (non-hydrogen) atoms. The Morgan fingerprint density at radius 3 is 1.51 bits per heavy atom. The van der Waals surface area contributed by atoms with E-state index in [0.29, 0.717) is 74.5 Å². The SMILES string of the molecule is CC1(C)CCC2(CC1)C[C@@H](C(=O)O)[C@H](c1cccc(Cl)c1F)C21C(=O)Nc2nc(Cl)ccc21.CO[C@H]1C[C@@H](CC(=O)[C@@H]2CC3(CCC(C)(C)CC3)[C@@]3(C(=O)Nc4nc(Cl)ccc43)[C@H]2c2cccc(Cl)c2F)CO[C@@H]1CO.CO[C@H]1C[C@@H](N)CO[C@@H]1CO. The highest BCUT2D eigenvalue weighted by Gasteiger charge is 2.75. The van der Waals surface area contributed by atoms with Gasteiger partial charge in [-0.2, -0.15) is 0 Å². The number of nitrogens with zero attached hydrogens (tertiary/aromatic N) is 2. The quantitative estimate of drug-likeness (QED) is 0.0810. The van der Waals surface area contributed by atoms with Crippen LogP contribution in [0.25, 0.3) is 0 Å². The van der Waals surface area contributed by atoms with Crippen molar-refractivity contribution in [1.82, 2.24) is 9.97 Å². The third kappa shape index (κ3) is 11.5. The Labute approximate surface area is 526 Å². The average molecular weight is 1290 g/mol. The number of ketones is 1. The van der Waals surface area contributed by atoms with Crippen molar-refractivity contribution in [1.29, 1.82) is 0 Å². The third-order valence-electron chi connectivity index (χ3n) is 21.3. The molecule has 6 fully saturated rings. The minimum absolute atomic E-state index is 0.00519. The zero-order chi connectivity index (χ0) is 62.8. The number of hydrogen-bond donors (Lipinski definition) is 6. The number of nitrogens with two attached hydrogens (primary N) is 1. The van der Waals surface area contributed by atoms with Gasteiger partial charge in [0.2, 0.25) is 11.8 Å². The van der Waals surface area contributed by atoms with Crippen molar-refractivity contribution in [2.75, 3.05) is 51.3 Å². The van der Waals surface area contributed by atoms with Crippen LogP contribution in [0.4, 0.5) is 20.4 Å². The van der Waals surface area contributed by atoms with Crippen LogP contribution in [0.15, 0.2) is 60.7 Å². The van der Waals surface area contributed by atoms with E-state index in [9.17, 15) is 29.4 Å². The number of pyridine rings is 2. The number of amides is 2. The predicted octanol–water partition coefficient (Wildman–Crippen LogP) is 11.8. The van der Waals surface area contributed by atoms with Gasteiger partial charge in [-0.05, 0) is 140 Å². The maximum absolute atomic E-state index is 16.1. The van der Waals surface area contributed by atoms with E-state index in [0.717, 1.165) is 32.1 Å². The first-order chi connectivity index (χ1) is 41.3. The number of carbonyl (C=O) groups excluding carboxylic acids is 3. The van der Waals surface area contributed by atoms with Gasteiger partial charge in [0.15, 0.2) is 0 Å². The van der Waals surface area contributed by atoms with Crippen LogP contribution in [-0.4, -0.2) is 120 Å². The largest absolute Gasteiger partial charge is 0.481 e. The second kappa shape index (κ2) is 25.3. The fourth-order valence-corrected chi connectivity index (χ4v) is 17.5. The summed E-state index contributed by atoms with van der Waals surface area (Å²) >= 11 is 24.9. The smallest absolute Gasteiger partial charge is 0.307 e. The van der Waals surface area contributed by atoms with E-state index >= 15 is 8.78 Å². The van der Waals surface area contributed by atoms with Crippen LogP contribution in [0.1, 0.15) is 145 Å². The van der Waals surface area contributed by atoms with Crippen molar-refractivity contribution in [2.24, 2.45) is 45.1 Å². The van der Waals surface area contributed by atoms with Gasteiger partial charge < -0.3 is 50.6 Å². The van der Waals surface area contributed by atoms with Gasteiger partial charge in [-0.1, -0.05) is 110 Å². The Hall–Kier alpha value is -4.44. The normalized spacial score (nSPS) is 32.2. The lowest BCUT2D eigenvalue weighted by molar-refractivity contribution is -0.142. The van der Waals surface area contributed by atoms with Crippen molar-refractivity contribution in [3.05, 3.63) is 115 Å². The molecule has 0 bridgehead atoms. The van der Waals surface area contributed by atoms with E-state index in [1.165, 1.54) is 12.1 Å². The molecular weight excluding hydrogens is 1210 g/mol. The summed E-state index contributed by atoms with van der Waals surface area (Å²) in [6.45, 7) is 9.52. The number of halogens is 6. The Morgan fingerprint density at radius 2 is 1.07 bits per heavy atom. The molecule has 0 radical (unpaired) electrons. The summed E-state index contributed by atoms with van der Waals surface area (Å²) in [5.74, 6) is -5.68. The number of methoxy groups -OCH3 is 2. The molecule has 7 N–H and O–H groups in total. The molecule has 4 saturated carbocycles. The Kier molecular flexibility index (Phi) is 19.1. The Bertz CT molecular complexity index is 3270. The van der Waals surface area contributed by atoms with Crippen molar-refractivity contribution in [3.63, 3.8) is 0 Å². The predicted molar refractivity (Wildman–Crippen MR) is 326 cm³/mol. The first kappa shape index (κ1) is 65.5. The van der Waals surface area contributed by atoms with Crippen molar-refractivity contribution >= 4 is 81.6 Å². The van der Waals surface area contributed by atoms with E-state index in [1.54, 1.807) is 56.7 Å². The fraction of sp³-hybridized carbons (Fsp3) is 0.600. The van der Waals surface area contributed by atoms with E-state index in [4.69, 9.17) is 76.2 Å². The molecule has 4 aliphatic carbocycles.